The van der Waals surface area contributed by atoms with Gasteiger partial charge in [0.05, 0.1) is 21.5 Å². The first-order chi connectivity index (χ1) is 14.1. The molecule has 1 saturated heterocycles. The number of nitrogens with zero attached hydrogens (tertiary/aromatic N) is 1. The molecule has 5 nitrogen and oxygen atoms in total. The predicted molar refractivity (Wildman–Crippen MR) is 125 cm³/mol. The van der Waals surface area contributed by atoms with E-state index in [0.717, 1.165) is 37.6 Å². The molecule has 0 radical (unpaired) electrons. The molecule has 0 atom stereocenters. The molecule has 0 amide bonds. The molecule has 0 aliphatic carbocycles. The third kappa shape index (κ3) is 6.41. The van der Waals surface area contributed by atoms with Gasteiger partial charge in [-0.2, -0.15) is 0 Å². The largest absolute Gasteiger partial charge is 0.493 e. The van der Waals surface area contributed by atoms with Crippen molar-refractivity contribution < 1.29 is 19.4 Å². The number of Topliss-reactive ketones (excluding diaryl/α,β-unsaturated/α-hetero) is 1. The first kappa shape index (κ1) is 22.5. The van der Waals surface area contributed by atoms with Crippen LogP contribution in [0.3, 0.4) is 0 Å². The fraction of sp³-hybridized carbons (Fsp3) is 0.500. The molecule has 3 rings (SSSR count). The van der Waals surface area contributed by atoms with E-state index in [2.05, 4.69) is 27.5 Å². The number of hydrogen-bond donors (Lipinski definition) is 1. The Morgan fingerprint density at radius 1 is 1.24 bits per heavy atom. The zero-order valence-electron chi connectivity index (χ0n) is 16.8. The van der Waals surface area contributed by atoms with Crippen LogP contribution in [0.15, 0.2) is 24.3 Å². The molecule has 1 fully saturated rings. The Balaban J connectivity index is 1.58. The van der Waals surface area contributed by atoms with Gasteiger partial charge in [0.2, 0.25) is 0 Å². The molecule has 0 saturated carbocycles. The maximum atomic E-state index is 12.8. The molecule has 158 valence electrons. The number of likely N-dealkylation sites (tertiary alicyclic amines) is 1. The Bertz CT molecular complexity index is 817. The molecular formula is C22H28INO4S. The van der Waals surface area contributed by atoms with Crippen molar-refractivity contribution >= 4 is 39.7 Å². The lowest BCUT2D eigenvalue weighted by Crippen LogP contribution is -2.21. The summed E-state index contributed by atoms with van der Waals surface area (Å²) in [5, 5.41) is 9.23. The van der Waals surface area contributed by atoms with Crippen molar-refractivity contribution in [1.29, 1.82) is 0 Å². The van der Waals surface area contributed by atoms with E-state index in [1.807, 2.05) is 24.3 Å². The normalized spacial score (nSPS) is 14.3. The summed E-state index contributed by atoms with van der Waals surface area (Å²) >= 11 is 3.70. The summed E-state index contributed by atoms with van der Waals surface area (Å²) in [6.07, 6.45) is 4.42. The van der Waals surface area contributed by atoms with E-state index in [-0.39, 0.29) is 12.4 Å². The monoisotopic (exact) mass is 529 g/mol. The van der Waals surface area contributed by atoms with Crippen LogP contribution in [-0.4, -0.2) is 55.7 Å². The molecule has 2 heterocycles. The van der Waals surface area contributed by atoms with Gasteiger partial charge in [-0.3, -0.25) is 4.79 Å². The van der Waals surface area contributed by atoms with Gasteiger partial charge < -0.3 is 19.5 Å². The first-order valence-corrected chi connectivity index (χ1v) is 11.9. The number of halogens is 1. The molecule has 2 aromatic rings. The molecule has 0 unspecified atom stereocenters. The van der Waals surface area contributed by atoms with Gasteiger partial charge in [0, 0.05) is 19.6 Å². The Morgan fingerprint density at radius 2 is 2.03 bits per heavy atom. The van der Waals surface area contributed by atoms with Crippen LogP contribution in [0.2, 0.25) is 0 Å². The molecule has 1 aromatic heterocycles. The summed E-state index contributed by atoms with van der Waals surface area (Å²) in [5.41, 5.74) is 1.83. The third-order valence-electron chi connectivity index (χ3n) is 5.08. The predicted octanol–water partition coefficient (Wildman–Crippen LogP) is 4.19. The highest BCUT2D eigenvalue weighted by atomic mass is 127. The SMILES string of the molecule is COc1cc(CC(=O)c2sc(I)cc2CCO)ccc1OCCCN1CCCC1. The van der Waals surface area contributed by atoms with Gasteiger partial charge in [0.15, 0.2) is 17.3 Å². The van der Waals surface area contributed by atoms with Crippen LogP contribution in [0.4, 0.5) is 0 Å². The van der Waals surface area contributed by atoms with Gasteiger partial charge in [0.1, 0.15) is 0 Å². The average Bonchev–Trinajstić information content (AvgIpc) is 3.36. The fourth-order valence-corrected chi connectivity index (χ4v) is 5.53. The molecule has 29 heavy (non-hydrogen) atoms. The van der Waals surface area contributed by atoms with Gasteiger partial charge in [-0.1, -0.05) is 6.07 Å². The quantitative estimate of drug-likeness (QED) is 0.269. The maximum Gasteiger partial charge on any atom is 0.177 e. The minimum absolute atomic E-state index is 0.0463. The topological polar surface area (TPSA) is 59.0 Å². The van der Waals surface area contributed by atoms with Crippen molar-refractivity contribution in [3.8, 4) is 11.5 Å². The number of carbonyl (C=O) groups is 1. The summed E-state index contributed by atoms with van der Waals surface area (Å²) in [6.45, 7) is 4.18. The van der Waals surface area contributed by atoms with E-state index < -0.39 is 0 Å². The highest BCUT2D eigenvalue weighted by molar-refractivity contribution is 14.1. The minimum Gasteiger partial charge on any atom is -0.493 e. The summed E-state index contributed by atoms with van der Waals surface area (Å²) < 4.78 is 12.5. The van der Waals surface area contributed by atoms with Crippen molar-refractivity contribution in [2.45, 2.75) is 32.1 Å². The second-order valence-electron chi connectivity index (χ2n) is 7.21. The maximum absolute atomic E-state index is 12.8. The second-order valence-corrected chi connectivity index (χ2v) is 10.2. The van der Waals surface area contributed by atoms with Crippen LogP contribution >= 0.6 is 33.9 Å². The number of methoxy groups -OCH3 is 1. The highest BCUT2D eigenvalue weighted by Gasteiger charge is 2.17. The number of ether oxygens (including phenoxy) is 2. The fourth-order valence-electron chi connectivity index (χ4n) is 3.62. The van der Waals surface area contributed by atoms with Crippen molar-refractivity contribution in [1.82, 2.24) is 4.90 Å². The Labute approximate surface area is 190 Å². The van der Waals surface area contributed by atoms with Crippen molar-refractivity contribution in [3.63, 3.8) is 0 Å². The van der Waals surface area contributed by atoms with Crippen LogP contribution in [0.1, 0.15) is 40.1 Å². The zero-order valence-corrected chi connectivity index (χ0v) is 19.8. The number of rotatable bonds is 11. The lowest BCUT2D eigenvalue weighted by Gasteiger charge is -2.15. The standard InChI is InChI=1S/C22H28INO4S/c1-27-20-14-16(13-18(26)22-17(7-11-25)15-21(23)29-22)5-6-19(20)28-12-4-10-24-8-2-3-9-24/h5-6,14-15,25H,2-4,7-13H2,1H3. The van der Waals surface area contributed by atoms with E-state index in [1.165, 1.54) is 37.3 Å². The summed E-state index contributed by atoms with van der Waals surface area (Å²) in [6, 6.07) is 7.69. The van der Waals surface area contributed by atoms with Crippen LogP contribution in [0, 0.1) is 2.88 Å². The Morgan fingerprint density at radius 3 is 2.76 bits per heavy atom. The van der Waals surface area contributed by atoms with Crippen LogP contribution in [-0.2, 0) is 12.8 Å². The van der Waals surface area contributed by atoms with E-state index in [1.54, 1.807) is 7.11 Å². The zero-order chi connectivity index (χ0) is 20.6. The molecule has 1 N–H and O–H groups in total. The van der Waals surface area contributed by atoms with Gasteiger partial charge >= 0.3 is 0 Å². The molecule has 1 aromatic carbocycles. The molecule has 1 aliphatic rings. The Hall–Kier alpha value is -1.16. The van der Waals surface area contributed by atoms with Gasteiger partial charge in [-0.25, -0.2) is 0 Å². The number of thiophene rings is 1. The first-order valence-electron chi connectivity index (χ1n) is 10.0. The van der Waals surface area contributed by atoms with Gasteiger partial charge in [0.25, 0.3) is 0 Å². The Kier molecular flexibility index (Phi) is 8.77. The average molecular weight is 529 g/mol. The molecular weight excluding hydrogens is 501 g/mol. The van der Waals surface area contributed by atoms with E-state index in [0.29, 0.717) is 25.2 Å². The molecule has 1 aliphatic heterocycles. The van der Waals surface area contributed by atoms with Crippen LogP contribution < -0.4 is 9.47 Å². The molecule has 0 bridgehead atoms. The van der Waals surface area contributed by atoms with Crippen molar-refractivity contribution in [2.24, 2.45) is 0 Å². The number of benzene rings is 1. The van der Waals surface area contributed by atoms with Gasteiger partial charge in [-0.15, -0.1) is 11.3 Å². The van der Waals surface area contributed by atoms with E-state index >= 15 is 0 Å². The number of aliphatic hydroxyl groups excluding tert-OH is 1. The number of carbonyl (C=O) groups excluding carboxylic acids is 1. The summed E-state index contributed by atoms with van der Waals surface area (Å²) in [5.74, 6) is 1.45. The minimum atomic E-state index is 0.0463. The lowest BCUT2D eigenvalue weighted by molar-refractivity contribution is 0.0996. The summed E-state index contributed by atoms with van der Waals surface area (Å²) in [4.78, 5) is 16.0. The molecule has 0 spiro atoms. The van der Waals surface area contributed by atoms with Crippen LogP contribution in [0.5, 0.6) is 11.5 Å². The molecule has 7 heteroatoms. The van der Waals surface area contributed by atoms with Gasteiger partial charge in [-0.05, 0) is 90.7 Å². The number of ketones is 1. The number of aliphatic hydroxyl groups is 1. The van der Waals surface area contributed by atoms with E-state index in [4.69, 9.17) is 9.47 Å². The lowest BCUT2D eigenvalue weighted by atomic mass is 10.0. The van der Waals surface area contributed by atoms with Crippen molar-refractivity contribution in [3.05, 3.63) is 43.2 Å². The summed E-state index contributed by atoms with van der Waals surface area (Å²) in [7, 11) is 1.62. The highest BCUT2D eigenvalue weighted by Crippen LogP contribution is 2.30. The van der Waals surface area contributed by atoms with Crippen molar-refractivity contribution in [2.75, 3.05) is 40.0 Å². The number of hydrogen-bond acceptors (Lipinski definition) is 6. The van der Waals surface area contributed by atoms with Crippen LogP contribution in [0.25, 0.3) is 0 Å². The van der Waals surface area contributed by atoms with E-state index in [9.17, 15) is 9.90 Å². The third-order valence-corrected chi connectivity index (χ3v) is 7.06. The smallest absolute Gasteiger partial charge is 0.177 e. The second kappa shape index (κ2) is 11.3.